The third-order valence-electron chi connectivity index (χ3n) is 8.51. The van der Waals surface area contributed by atoms with E-state index in [9.17, 15) is 14.6 Å². The summed E-state index contributed by atoms with van der Waals surface area (Å²) in [5, 5.41) is 20.5. The highest BCUT2D eigenvalue weighted by atomic mass is 19.1. The Labute approximate surface area is 194 Å². The molecule has 0 spiro atoms. The third-order valence-corrected chi connectivity index (χ3v) is 8.51. The van der Waals surface area contributed by atoms with Crippen LogP contribution in [0.2, 0.25) is 0 Å². The molecule has 3 rings (SSSR count). The number of hydrogen-bond donors (Lipinski definition) is 2. The third kappa shape index (κ3) is 5.20. The zero-order chi connectivity index (χ0) is 23.5. The summed E-state index contributed by atoms with van der Waals surface area (Å²) in [5.74, 6) is 0.957. The zero-order valence-electron chi connectivity index (χ0n) is 20.5. The molecule has 0 bridgehead atoms. The Morgan fingerprint density at radius 3 is 2.72 bits per heavy atom. The van der Waals surface area contributed by atoms with Crippen molar-refractivity contribution in [2.45, 2.75) is 103 Å². The second-order valence-electron chi connectivity index (χ2n) is 10.6. The van der Waals surface area contributed by atoms with Crippen molar-refractivity contribution in [1.82, 2.24) is 0 Å². The molecule has 0 heterocycles. The summed E-state index contributed by atoms with van der Waals surface area (Å²) in [6.07, 6.45) is 16.8. The van der Waals surface area contributed by atoms with Gasteiger partial charge >= 0.3 is 0 Å². The molecule has 3 heteroatoms. The fraction of sp³-hybridized carbons (Fsp3) is 0.655. The van der Waals surface area contributed by atoms with Crippen molar-refractivity contribution in [2.24, 2.45) is 17.3 Å². The van der Waals surface area contributed by atoms with E-state index in [1.165, 1.54) is 18.4 Å². The molecule has 5 atom stereocenters. The number of aliphatic hydroxyl groups is 2. The van der Waals surface area contributed by atoms with Gasteiger partial charge in [-0.25, -0.2) is 4.39 Å². The van der Waals surface area contributed by atoms with Crippen LogP contribution in [-0.2, 0) is 0 Å². The van der Waals surface area contributed by atoms with E-state index in [2.05, 4.69) is 38.7 Å². The predicted molar refractivity (Wildman–Crippen MR) is 132 cm³/mol. The summed E-state index contributed by atoms with van der Waals surface area (Å²) in [4.78, 5) is 0. The average Bonchev–Trinajstić information content (AvgIpc) is 3.12. The van der Waals surface area contributed by atoms with Gasteiger partial charge < -0.3 is 10.2 Å². The summed E-state index contributed by atoms with van der Waals surface area (Å²) < 4.78 is 14.1. The largest absolute Gasteiger partial charge is 0.393 e. The SMILES string of the molecule is C=C1/C(=C\C=C2/CCC[C@]3(C)C(C(C)C/C=C/C(O)(CC)CC)=CC[C@@H]23)C[C@@H](O)C[C@@H]1F. The molecule has 0 aromatic rings. The smallest absolute Gasteiger partial charge is 0.127 e. The number of allylic oxidation sites excluding steroid dienone is 7. The van der Waals surface area contributed by atoms with E-state index in [4.69, 9.17) is 0 Å². The second kappa shape index (κ2) is 10.2. The van der Waals surface area contributed by atoms with Crippen molar-refractivity contribution in [3.63, 3.8) is 0 Å². The standard InChI is InChI=1S/C29H43FO2/c1-6-29(32,7-2)17-8-10-20(3)25-14-15-26-22(11-9-16-28(25,26)5)12-13-23-18-24(31)19-27(30)21(23)4/h8,12-14,17,20,24,26-27,31-32H,4,6-7,9-11,15-16,18-19H2,1-3,5H3/b17-8+,22-12+,23-13-/t20?,24-,26+,27+,28-/m1/s1. The molecule has 0 aromatic carbocycles. The maximum absolute atomic E-state index is 14.1. The maximum atomic E-state index is 14.1. The summed E-state index contributed by atoms with van der Waals surface area (Å²) in [6, 6.07) is 0. The minimum absolute atomic E-state index is 0.168. The molecule has 2 nitrogen and oxygen atoms in total. The van der Waals surface area contributed by atoms with Gasteiger partial charge in [-0.15, -0.1) is 0 Å². The quantitative estimate of drug-likeness (QED) is 0.411. The van der Waals surface area contributed by atoms with Crippen LogP contribution in [0.5, 0.6) is 0 Å². The van der Waals surface area contributed by atoms with Crippen molar-refractivity contribution in [3.8, 4) is 0 Å². The van der Waals surface area contributed by atoms with Crippen molar-refractivity contribution < 1.29 is 14.6 Å². The molecule has 1 unspecified atom stereocenters. The van der Waals surface area contributed by atoms with E-state index >= 15 is 0 Å². The normalized spacial score (nSPS) is 34.9. The zero-order valence-corrected chi connectivity index (χ0v) is 20.5. The van der Waals surface area contributed by atoms with Gasteiger partial charge in [0.1, 0.15) is 6.17 Å². The molecule has 2 fully saturated rings. The molecule has 0 saturated heterocycles. The number of alkyl halides is 1. The van der Waals surface area contributed by atoms with Crippen LogP contribution in [0.1, 0.15) is 85.5 Å². The Kier molecular flexibility index (Phi) is 8.04. The molecular formula is C29H43FO2. The van der Waals surface area contributed by atoms with Gasteiger partial charge in [-0.2, -0.15) is 0 Å². The Hall–Kier alpha value is -1.45. The lowest BCUT2D eigenvalue weighted by molar-refractivity contribution is 0.0824. The van der Waals surface area contributed by atoms with Gasteiger partial charge in [0.05, 0.1) is 11.7 Å². The summed E-state index contributed by atoms with van der Waals surface area (Å²) in [5.41, 5.74) is 3.90. The molecule has 3 aliphatic rings. The minimum atomic E-state index is -1.13. The van der Waals surface area contributed by atoms with Gasteiger partial charge in [0, 0.05) is 6.42 Å². The number of aliphatic hydroxyl groups excluding tert-OH is 1. The van der Waals surface area contributed by atoms with Crippen LogP contribution in [0, 0.1) is 17.3 Å². The summed E-state index contributed by atoms with van der Waals surface area (Å²) >= 11 is 0. The van der Waals surface area contributed by atoms with Crippen LogP contribution in [0.4, 0.5) is 4.39 Å². The molecule has 0 amide bonds. The van der Waals surface area contributed by atoms with Crippen molar-refractivity contribution >= 4 is 0 Å². The van der Waals surface area contributed by atoms with Crippen LogP contribution in [-0.4, -0.2) is 28.1 Å². The predicted octanol–water partition coefficient (Wildman–Crippen LogP) is 7.16. The molecular weight excluding hydrogens is 399 g/mol. The van der Waals surface area contributed by atoms with Gasteiger partial charge in [-0.05, 0) is 79.8 Å². The first kappa shape index (κ1) is 25.2. The first-order chi connectivity index (χ1) is 15.1. The van der Waals surface area contributed by atoms with E-state index in [0.29, 0.717) is 23.8 Å². The first-order valence-corrected chi connectivity index (χ1v) is 12.6. The first-order valence-electron chi connectivity index (χ1n) is 12.6. The van der Waals surface area contributed by atoms with E-state index < -0.39 is 17.9 Å². The number of fused-ring (bicyclic) bond motifs is 1. The van der Waals surface area contributed by atoms with Crippen molar-refractivity contribution in [3.05, 3.63) is 59.3 Å². The molecule has 2 N–H and O–H groups in total. The lowest BCUT2D eigenvalue weighted by Crippen LogP contribution is -2.32. The molecule has 178 valence electrons. The van der Waals surface area contributed by atoms with Crippen LogP contribution in [0.3, 0.4) is 0 Å². The van der Waals surface area contributed by atoms with Gasteiger partial charge in [-0.3, -0.25) is 0 Å². The highest BCUT2D eigenvalue weighted by Gasteiger charge is 2.45. The van der Waals surface area contributed by atoms with Crippen LogP contribution in [0.15, 0.2) is 59.3 Å². The van der Waals surface area contributed by atoms with Gasteiger partial charge in [0.15, 0.2) is 0 Å². The lowest BCUT2D eigenvalue weighted by atomic mass is 9.62. The molecule has 0 aliphatic heterocycles. The van der Waals surface area contributed by atoms with Crippen molar-refractivity contribution in [2.75, 3.05) is 0 Å². The van der Waals surface area contributed by atoms with E-state index in [0.717, 1.165) is 37.7 Å². The lowest BCUT2D eigenvalue weighted by Gasteiger charge is -2.42. The van der Waals surface area contributed by atoms with Gasteiger partial charge in [-0.1, -0.05) is 75.8 Å². The van der Waals surface area contributed by atoms with Crippen molar-refractivity contribution in [1.29, 1.82) is 0 Å². The Bertz CT molecular complexity index is 813. The monoisotopic (exact) mass is 442 g/mol. The Morgan fingerprint density at radius 1 is 1.31 bits per heavy atom. The highest BCUT2D eigenvalue weighted by Crippen LogP contribution is 2.57. The Morgan fingerprint density at radius 2 is 2.03 bits per heavy atom. The average molecular weight is 443 g/mol. The summed E-state index contributed by atoms with van der Waals surface area (Å²) in [6.45, 7) is 12.7. The topological polar surface area (TPSA) is 40.5 Å². The van der Waals surface area contributed by atoms with Gasteiger partial charge in [0.25, 0.3) is 0 Å². The molecule has 0 aromatic heterocycles. The van der Waals surface area contributed by atoms with E-state index in [1.54, 1.807) is 5.57 Å². The van der Waals surface area contributed by atoms with Crippen LogP contribution < -0.4 is 0 Å². The van der Waals surface area contributed by atoms with Gasteiger partial charge in [0.2, 0.25) is 0 Å². The second-order valence-corrected chi connectivity index (χ2v) is 10.6. The highest BCUT2D eigenvalue weighted by molar-refractivity contribution is 5.40. The van der Waals surface area contributed by atoms with E-state index in [1.807, 2.05) is 26.0 Å². The van der Waals surface area contributed by atoms with Crippen LogP contribution in [0.25, 0.3) is 0 Å². The van der Waals surface area contributed by atoms with E-state index in [-0.39, 0.29) is 11.8 Å². The number of hydrogen-bond acceptors (Lipinski definition) is 2. The fourth-order valence-corrected chi connectivity index (χ4v) is 6.15. The van der Waals surface area contributed by atoms with Crippen LogP contribution >= 0.6 is 0 Å². The fourth-order valence-electron chi connectivity index (χ4n) is 6.15. The minimum Gasteiger partial charge on any atom is -0.393 e. The maximum Gasteiger partial charge on any atom is 0.127 e. The summed E-state index contributed by atoms with van der Waals surface area (Å²) in [7, 11) is 0. The number of halogens is 1. The molecule has 3 aliphatic carbocycles. The molecule has 0 radical (unpaired) electrons. The molecule has 2 saturated carbocycles. The molecule has 32 heavy (non-hydrogen) atoms. The number of rotatable bonds is 7. The Balaban J connectivity index is 1.73.